The standard InChI is InChI=1S/C21H24N2O3/c1-3-26-21(25)17-9-5-6-10-18(17)22-20(24)12-13-23-15(2)14-16-8-4-7-11-19(16)23/h4-11,15H,3,12-14H2,1-2H3,(H,22,24). The first kappa shape index (κ1) is 18.0. The number of carbonyl (C=O) groups is 2. The molecular weight excluding hydrogens is 328 g/mol. The van der Waals surface area contributed by atoms with Crippen LogP contribution in [0, 0.1) is 0 Å². The summed E-state index contributed by atoms with van der Waals surface area (Å²) in [6.45, 7) is 4.88. The van der Waals surface area contributed by atoms with Gasteiger partial charge in [0, 0.05) is 24.7 Å². The quantitative estimate of drug-likeness (QED) is 0.807. The molecule has 1 unspecified atom stereocenters. The Morgan fingerprint density at radius 3 is 2.69 bits per heavy atom. The van der Waals surface area contributed by atoms with Crippen LogP contribution in [0.3, 0.4) is 0 Å². The number of carbonyl (C=O) groups excluding carboxylic acids is 2. The SMILES string of the molecule is CCOC(=O)c1ccccc1NC(=O)CCN1c2ccccc2CC1C. The maximum absolute atomic E-state index is 12.4. The number of esters is 1. The number of rotatable bonds is 6. The molecule has 1 N–H and O–H groups in total. The van der Waals surface area contributed by atoms with E-state index in [-0.39, 0.29) is 5.91 Å². The van der Waals surface area contributed by atoms with Gasteiger partial charge in [0.15, 0.2) is 0 Å². The topological polar surface area (TPSA) is 58.6 Å². The molecule has 0 saturated heterocycles. The van der Waals surface area contributed by atoms with E-state index in [9.17, 15) is 9.59 Å². The summed E-state index contributed by atoms with van der Waals surface area (Å²) < 4.78 is 5.05. The fourth-order valence-corrected chi connectivity index (χ4v) is 3.38. The van der Waals surface area contributed by atoms with Crippen LogP contribution >= 0.6 is 0 Å². The number of amides is 1. The highest BCUT2D eigenvalue weighted by Crippen LogP contribution is 2.31. The smallest absolute Gasteiger partial charge is 0.340 e. The third-order valence-corrected chi connectivity index (χ3v) is 4.62. The van der Waals surface area contributed by atoms with Crippen LogP contribution in [0.2, 0.25) is 0 Å². The van der Waals surface area contributed by atoms with Crippen LogP contribution in [0.1, 0.15) is 36.2 Å². The van der Waals surface area contributed by atoms with Gasteiger partial charge in [-0.15, -0.1) is 0 Å². The van der Waals surface area contributed by atoms with Gasteiger partial charge in [-0.25, -0.2) is 4.79 Å². The molecule has 26 heavy (non-hydrogen) atoms. The summed E-state index contributed by atoms with van der Waals surface area (Å²) in [5, 5.41) is 2.85. The van der Waals surface area contributed by atoms with E-state index in [1.165, 1.54) is 11.3 Å². The molecule has 1 aliphatic heterocycles. The maximum atomic E-state index is 12.4. The van der Waals surface area contributed by atoms with Crippen LogP contribution < -0.4 is 10.2 Å². The fourth-order valence-electron chi connectivity index (χ4n) is 3.38. The molecular formula is C21H24N2O3. The Morgan fingerprint density at radius 1 is 1.15 bits per heavy atom. The van der Waals surface area contributed by atoms with Crippen molar-refractivity contribution in [3.8, 4) is 0 Å². The number of nitrogens with one attached hydrogen (secondary N) is 1. The lowest BCUT2D eigenvalue weighted by Gasteiger charge is -2.24. The van der Waals surface area contributed by atoms with Gasteiger partial charge >= 0.3 is 5.97 Å². The van der Waals surface area contributed by atoms with Gasteiger partial charge in [-0.3, -0.25) is 4.79 Å². The molecule has 0 spiro atoms. The lowest BCUT2D eigenvalue weighted by atomic mass is 10.1. The fraction of sp³-hybridized carbons (Fsp3) is 0.333. The molecule has 0 aromatic heterocycles. The Bertz CT molecular complexity index is 803. The van der Waals surface area contributed by atoms with Crippen LogP contribution in [0.15, 0.2) is 48.5 Å². The van der Waals surface area contributed by atoms with E-state index in [0.29, 0.717) is 36.9 Å². The summed E-state index contributed by atoms with van der Waals surface area (Å²) in [5.74, 6) is -0.538. The Morgan fingerprint density at radius 2 is 1.88 bits per heavy atom. The lowest BCUT2D eigenvalue weighted by molar-refractivity contribution is -0.116. The molecule has 1 aliphatic rings. The average Bonchev–Trinajstić information content (AvgIpc) is 2.95. The number of hydrogen-bond donors (Lipinski definition) is 1. The Hall–Kier alpha value is -2.82. The Labute approximate surface area is 154 Å². The molecule has 0 bridgehead atoms. The van der Waals surface area contributed by atoms with Gasteiger partial charge in [0.1, 0.15) is 0 Å². The van der Waals surface area contributed by atoms with Gasteiger partial charge < -0.3 is 15.0 Å². The van der Waals surface area contributed by atoms with E-state index in [4.69, 9.17) is 4.74 Å². The average molecular weight is 352 g/mol. The number of hydrogen-bond acceptors (Lipinski definition) is 4. The van der Waals surface area contributed by atoms with Gasteiger partial charge in [0.05, 0.1) is 17.9 Å². The van der Waals surface area contributed by atoms with Crippen LogP contribution in [0.4, 0.5) is 11.4 Å². The molecule has 2 aromatic carbocycles. The molecule has 1 amide bonds. The third-order valence-electron chi connectivity index (χ3n) is 4.62. The van der Waals surface area contributed by atoms with Crippen molar-refractivity contribution >= 4 is 23.3 Å². The van der Waals surface area contributed by atoms with Crippen molar-refractivity contribution in [1.82, 2.24) is 0 Å². The first-order valence-electron chi connectivity index (χ1n) is 9.00. The summed E-state index contributed by atoms with van der Waals surface area (Å²) >= 11 is 0. The van der Waals surface area contributed by atoms with Crippen LogP contribution in [0.25, 0.3) is 0 Å². The van der Waals surface area contributed by atoms with Crippen molar-refractivity contribution in [3.63, 3.8) is 0 Å². The van der Waals surface area contributed by atoms with Crippen molar-refractivity contribution in [2.24, 2.45) is 0 Å². The van der Waals surface area contributed by atoms with E-state index in [1.54, 1.807) is 31.2 Å². The second-order valence-electron chi connectivity index (χ2n) is 6.44. The highest BCUT2D eigenvalue weighted by Gasteiger charge is 2.25. The van der Waals surface area contributed by atoms with Crippen LogP contribution in [-0.2, 0) is 16.0 Å². The molecule has 136 valence electrons. The number of fused-ring (bicyclic) bond motifs is 1. The zero-order chi connectivity index (χ0) is 18.5. The van der Waals surface area contributed by atoms with Crippen molar-refractivity contribution in [2.75, 3.05) is 23.4 Å². The summed E-state index contributed by atoms with van der Waals surface area (Å²) in [6, 6.07) is 15.6. The molecule has 0 radical (unpaired) electrons. The van der Waals surface area contributed by atoms with E-state index in [0.717, 1.165) is 6.42 Å². The largest absolute Gasteiger partial charge is 0.462 e. The number of para-hydroxylation sites is 2. The normalized spacial score (nSPS) is 15.5. The van der Waals surface area contributed by atoms with Crippen LogP contribution in [0.5, 0.6) is 0 Å². The Balaban J connectivity index is 1.63. The summed E-state index contributed by atoms with van der Waals surface area (Å²) in [7, 11) is 0. The van der Waals surface area contributed by atoms with Gasteiger partial charge in [-0.05, 0) is 44.0 Å². The molecule has 5 heteroatoms. The van der Waals surface area contributed by atoms with Crippen molar-refractivity contribution in [2.45, 2.75) is 32.7 Å². The summed E-state index contributed by atoms with van der Waals surface area (Å²) in [5.41, 5.74) is 3.40. The second-order valence-corrected chi connectivity index (χ2v) is 6.44. The van der Waals surface area contributed by atoms with Crippen molar-refractivity contribution in [3.05, 3.63) is 59.7 Å². The van der Waals surface area contributed by atoms with E-state index < -0.39 is 5.97 Å². The molecule has 0 aliphatic carbocycles. The molecule has 2 aromatic rings. The Kier molecular flexibility index (Phi) is 5.56. The molecule has 0 saturated carbocycles. The van der Waals surface area contributed by atoms with Crippen molar-refractivity contribution in [1.29, 1.82) is 0 Å². The molecule has 1 atom stereocenters. The predicted molar refractivity (Wildman–Crippen MR) is 103 cm³/mol. The number of nitrogens with zero attached hydrogens (tertiary/aromatic N) is 1. The molecule has 1 heterocycles. The van der Waals surface area contributed by atoms with Gasteiger partial charge in [-0.2, -0.15) is 0 Å². The van der Waals surface area contributed by atoms with Gasteiger partial charge in [0.25, 0.3) is 0 Å². The monoisotopic (exact) mass is 352 g/mol. The van der Waals surface area contributed by atoms with Crippen LogP contribution in [-0.4, -0.2) is 31.1 Å². The zero-order valence-corrected chi connectivity index (χ0v) is 15.2. The minimum atomic E-state index is -0.425. The summed E-state index contributed by atoms with van der Waals surface area (Å²) in [6.07, 6.45) is 1.36. The molecule has 3 rings (SSSR count). The first-order valence-corrected chi connectivity index (χ1v) is 9.00. The summed E-state index contributed by atoms with van der Waals surface area (Å²) in [4.78, 5) is 26.7. The van der Waals surface area contributed by atoms with E-state index in [2.05, 4.69) is 29.3 Å². The number of ether oxygens (including phenoxy) is 1. The minimum absolute atomic E-state index is 0.113. The van der Waals surface area contributed by atoms with E-state index in [1.807, 2.05) is 12.1 Å². The lowest BCUT2D eigenvalue weighted by Crippen LogP contribution is -2.32. The first-order chi connectivity index (χ1) is 12.6. The number of anilines is 2. The molecule has 5 nitrogen and oxygen atoms in total. The second kappa shape index (κ2) is 8.04. The van der Waals surface area contributed by atoms with Gasteiger partial charge in [-0.1, -0.05) is 30.3 Å². The highest BCUT2D eigenvalue weighted by molar-refractivity contribution is 6.01. The molecule has 0 fully saturated rings. The van der Waals surface area contributed by atoms with E-state index >= 15 is 0 Å². The number of benzene rings is 2. The highest BCUT2D eigenvalue weighted by atomic mass is 16.5. The maximum Gasteiger partial charge on any atom is 0.340 e. The third kappa shape index (κ3) is 3.87. The minimum Gasteiger partial charge on any atom is -0.462 e. The van der Waals surface area contributed by atoms with Crippen molar-refractivity contribution < 1.29 is 14.3 Å². The van der Waals surface area contributed by atoms with Gasteiger partial charge in [0.2, 0.25) is 5.91 Å². The zero-order valence-electron chi connectivity index (χ0n) is 15.2. The predicted octanol–water partition coefficient (Wildman–Crippen LogP) is 3.64.